The smallest absolute Gasteiger partial charge is 0.275 e. The minimum atomic E-state index is -0.415. The number of carbonyl (C=O) groups is 2. The van der Waals surface area contributed by atoms with Crippen molar-refractivity contribution < 1.29 is 14.3 Å². The first-order chi connectivity index (χ1) is 16.4. The van der Waals surface area contributed by atoms with E-state index in [4.69, 9.17) is 9.72 Å². The number of hydrogen-bond acceptors (Lipinski definition) is 8. The average molecular weight is 493 g/mol. The first-order valence-corrected chi connectivity index (χ1v) is 12.1. The van der Waals surface area contributed by atoms with Crippen LogP contribution in [0.5, 0.6) is 0 Å². The number of thiophene rings is 2. The van der Waals surface area contributed by atoms with Crippen molar-refractivity contribution in [1.82, 2.24) is 15.0 Å². The number of nitrogens with one attached hydrogen (secondary N) is 1. The standard InChI is InChI=1S/C22H20N4O3S2.C3H4/c1-4-14(29-3)7-5-9-17-23-20(25-26-18(27)11-13(2)22(26)28)19-15(12-31-21(19)24-17)16-8-6-10-30-16;1-3-2/h4-8,10-12H,9H2,1-3H3,(H,23,24,25);1H,2H3/b7-5-,14-4+;. The van der Waals surface area contributed by atoms with Crippen LogP contribution in [0, 0.1) is 12.3 Å². The quantitative estimate of drug-likeness (QED) is 0.207. The monoisotopic (exact) mass is 492 g/mol. The largest absolute Gasteiger partial charge is 0.497 e. The highest BCUT2D eigenvalue weighted by atomic mass is 32.1. The summed E-state index contributed by atoms with van der Waals surface area (Å²) in [6.07, 6.45) is 12.0. The fourth-order valence-corrected chi connectivity index (χ4v) is 4.91. The van der Waals surface area contributed by atoms with Gasteiger partial charge in [0.1, 0.15) is 16.4 Å². The molecule has 1 N–H and O–H groups in total. The van der Waals surface area contributed by atoms with Gasteiger partial charge in [0.25, 0.3) is 11.8 Å². The van der Waals surface area contributed by atoms with Crippen molar-refractivity contribution in [2.75, 3.05) is 12.5 Å². The van der Waals surface area contributed by atoms with Gasteiger partial charge in [0.15, 0.2) is 5.82 Å². The topological polar surface area (TPSA) is 84.4 Å². The number of hydrazine groups is 1. The van der Waals surface area contributed by atoms with Gasteiger partial charge in [-0.05, 0) is 44.4 Å². The van der Waals surface area contributed by atoms with E-state index in [9.17, 15) is 9.59 Å². The number of nitrogens with zero attached hydrogens (tertiary/aromatic N) is 3. The Hall–Kier alpha value is -3.74. The number of terminal acetylenes is 1. The molecule has 174 valence electrons. The summed E-state index contributed by atoms with van der Waals surface area (Å²) in [5.74, 6) is 3.19. The summed E-state index contributed by atoms with van der Waals surface area (Å²) in [6.45, 7) is 5.16. The molecule has 0 bridgehead atoms. The zero-order chi connectivity index (χ0) is 24.7. The number of carbonyl (C=O) groups excluding carboxylic acids is 2. The molecule has 4 heterocycles. The van der Waals surface area contributed by atoms with E-state index in [1.165, 1.54) is 17.4 Å². The molecule has 1 aliphatic rings. The maximum absolute atomic E-state index is 12.4. The minimum Gasteiger partial charge on any atom is -0.497 e. The van der Waals surface area contributed by atoms with Gasteiger partial charge >= 0.3 is 0 Å². The first kappa shape index (κ1) is 24.9. The molecule has 9 heteroatoms. The number of methoxy groups -OCH3 is 1. The SMILES string of the molecule is C#CC.C/C=C(\C=C/Cc1nc(NN2C(=O)C=C(C)C2=O)c2c(-c3cccs3)csc2n1)OC. The number of amides is 2. The van der Waals surface area contributed by atoms with E-state index in [1.54, 1.807) is 32.3 Å². The molecular weight excluding hydrogens is 468 g/mol. The Morgan fingerprint density at radius 2 is 2.09 bits per heavy atom. The summed E-state index contributed by atoms with van der Waals surface area (Å²) in [5, 5.41) is 5.81. The van der Waals surface area contributed by atoms with Crippen LogP contribution in [0.25, 0.3) is 20.7 Å². The fourth-order valence-electron chi connectivity index (χ4n) is 3.13. The third-order valence-corrected chi connectivity index (χ3v) is 6.46. The van der Waals surface area contributed by atoms with Crippen molar-refractivity contribution in [2.24, 2.45) is 0 Å². The Labute approximate surface area is 206 Å². The van der Waals surface area contributed by atoms with Crippen molar-refractivity contribution in [3.63, 3.8) is 0 Å². The predicted octanol–water partition coefficient (Wildman–Crippen LogP) is 5.35. The second-order valence-corrected chi connectivity index (χ2v) is 8.81. The van der Waals surface area contributed by atoms with Crippen molar-refractivity contribution in [3.05, 3.63) is 64.4 Å². The van der Waals surface area contributed by atoms with Crippen LogP contribution in [0.4, 0.5) is 5.82 Å². The van der Waals surface area contributed by atoms with Gasteiger partial charge in [-0.2, -0.15) is 5.01 Å². The summed E-state index contributed by atoms with van der Waals surface area (Å²) in [6, 6.07) is 4.00. The van der Waals surface area contributed by atoms with Crippen LogP contribution in [0.2, 0.25) is 0 Å². The van der Waals surface area contributed by atoms with Gasteiger partial charge in [0.2, 0.25) is 0 Å². The average Bonchev–Trinajstić information content (AvgIpc) is 3.54. The molecule has 0 fully saturated rings. The van der Waals surface area contributed by atoms with E-state index in [2.05, 4.69) is 22.8 Å². The highest BCUT2D eigenvalue weighted by Crippen LogP contribution is 2.39. The lowest BCUT2D eigenvalue weighted by Crippen LogP contribution is -2.36. The van der Waals surface area contributed by atoms with Gasteiger partial charge in [-0.25, -0.2) is 9.97 Å². The lowest BCUT2D eigenvalue weighted by atomic mass is 10.2. The van der Waals surface area contributed by atoms with E-state index in [0.717, 1.165) is 31.4 Å². The van der Waals surface area contributed by atoms with Gasteiger partial charge in [0, 0.05) is 33.9 Å². The molecule has 0 spiro atoms. The molecule has 0 unspecified atom stereocenters. The summed E-state index contributed by atoms with van der Waals surface area (Å²) in [7, 11) is 1.61. The zero-order valence-corrected chi connectivity index (χ0v) is 20.9. The molecule has 0 atom stereocenters. The Bertz CT molecular complexity index is 1330. The van der Waals surface area contributed by atoms with Crippen LogP contribution in [-0.4, -0.2) is 33.9 Å². The third kappa shape index (κ3) is 5.42. The maximum Gasteiger partial charge on any atom is 0.275 e. The third-order valence-electron chi connectivity index (χ3n) is 4.69. The van der Waals surface area contributed by atoms with E-state index < -0.39 is 5.91 Å². The molecular formula is C25H24N4O3S2. The van der Waals surface area contributed by atoms with Crippen molar-refractivity contribution >= 4 is 50.5 Å². The number of allylic oxidation sites excluding steroid dienone is 3. The molecule has 7 nitrogen and oxygen atoms in total. The normalized spacial score (nSPS) is 13.7. The number of hydrogen-bond donors (Lipinski definition) is 1. The Morgan fingerprint density at radius 1 is 1.32 bits per heavy atom. The van der Waals surface area contributed by atoms with E-state index in [-0.39, 0.29) is 5.91 Å². The zero-order valence-electron chi connectivity index (χ0n) is 19.3. The van der Waals surface area contributed by atoms with Crippen LogP contribution >= 0.6 is 22.7 Å². The lowest BCUT2D eigenvalue weighted by molar-refractivity contribution is -0.135. The molecule has 2 amide bonds. The van der Waals surface area contributed by atoms with Crippen LogP contribution in [0.15, 0.2) is 58.5 Å². The van der Waals surface area contributed by atoms with Gasteiger partial charge < -0.3 is 4.74 Å². The Balaban J connectivity index is 0.00000103. The molecule has 4 rings (SSSR count). The van der Waals surface area contributed by atoms with E-state index >= 15 is 0 Å². The van der Waals surface area contributed by atoms with Crippen LogP contribution in [-0.2, 0) is 20.7 Å². The Morgan fingerprint density at radius 3 is 2.68 bits per heavy atom. The summed E-state index contributed by atoms with van der Waals surface area (Å²) in [5.41, 5.74) is 4.30. The van der Waals surface area contributed by atoms with Crippen LogP contribution in [0.3, 0.4) is 0 Å². The van der Waals surface area contributed by atoms with Gasteiger partial charge in [-0.1, -0.05) is 12.1 Å². The highest BCUT2D eigenvalue weighted by molar-refractivity contribution is 7.18. The summed E-state index contributed by atoms with van der Waals surface area (Å²) < 4.78 is 5.24. The maximum atomic E-state index is 12.4. The predicted molar refractivity (Wildman–Crippen MR) is 138 cm³/mol. The van der Waals surface area contributed by atoms with Crippen LogP contribution < -0.4 is 5.43 Å². The number of fused-ring (bicyclic) bond motifs is 1. The minimum absolute atomic E-state index is 0.383. The van der Waals surface area contributed by atoms with Crippen molar-refractivity contribution in [3.8, 4) is 22.8 Å². The van der Waals surface area contributed by atoms with Gasteiger partial charge in [0.05, 0.1) is 12.5 Å². The second-order valence-electron chi connectivity index (χ2n) is 7.00. The highest BCUT2D eigenvalue weighted by Gasteiger charge is 2.30. The Kier molecular flexibility index (Phi) is 8.35. The molecule has 3 aromatic rings. The first-order valence-electron chi connectivity index (χ1n) is 10.3. The van der Waals surface area contributed by atoms with Gasteiger partial charge in [-0.15, -0.1) is 35.0 Å². The van der Waals surface area contributed by atoms with E-state index in [0.29, 0.717) is 23.6 Å². The van der Waals surface area contributed by atoms with Gasteiger partial charge in [-0.3, -0.25) is 15.0 Å². The number of rotatable bonds is 7. The van der Waals surface area contributed by atoms with E-state index in [1.807, 2.05) is 48.0 Å². The molecule has 0 aromatic carbocycles. The molecule has 3 aromatic heterocycles. The molecule has 1 aliphatic heterocycles. The number of aromatic nitrogens is 2. The fraction of sp³-hybridized carbons (Fsp3) is 0.200. The molecule has 34 heavy (non-hydrogen) atoms. The van der Waals surface area contributed by atoms with Crippen molar-refractivity contribution in [2.45, 2.75) is 27.2 Å². The molecule has 0 saturated carbocycles. The van der Waals surface area contributed by atoms with Crippen LogP contribution in [0.1, 0.15) is 26.6 Å². The molecule has 0 aliphatic carbocycles. The number of ether oxygens (including phenoxy) is 1. The molecule has 0 saturated heterocycles. The summed E-state index contributed by atoms with van der Waals surface area (Å²) >= 11 is 3.11. The molecule has 0 radical (unpaired) electrons. The summed E-state index contributed by atoms with van der Waals surface area (Å²) in [4.78, 5) is 35.9. The number of imide groups is 1. The lowest BCUT2D eigenvalue weighted by Gasteiger charge is -2.17. The number of anilines is 1. The second kappa shape index (κ2) is 11.4. The van der Waals surface area contributed by atoms with Crippen molar-refractivity contribution in [1.29, 1.82) is 0 Å².